The van der Waals surface area contributed by atoms with Gasteiger partial charge in [-0.15, -0.1) is 0 Å². The van der Waals surface area contributed by atoms with Crippen molar-refractivity contribution in [2.24, 2.45) is 5.92 Å². The Morgan fingerprint density at radius 2 is 2.04 bits per heavy atom. The molecule has 0 aliphatic carbocycles. The largest absolute Gasteiger partial charge is 0.355 e. The first-order chi connectivity index (χ1) is 11.3. The van der Waals surface area contributed by atoms with Crippen LogP contribution in [0, 0.1) is 12.8 Å². The minimum atomic E-state index is 0.630. The molecule has 118 valence electrons. The first-order valence-electron chi connectivity index (χ1n) is 8.24. The smallest absolute Gasteiger partial charge is 0.147 e. The van der Waals surface area contributed by atoms with E-state index in [-0.39, 0.29) is 0 Å². The van der Waals surface area contributed by atoms with Gasteiger partial charge in [-0.2, -0.15) is 0 Å². The Hall–Kier alpha value is -2.43. The number of aryl methyl sites for hydroxylation is 1. The lowest BCUT2D eigenvalue weighted by atomic mass is 9.98. The maximum absolute atomic E-state index is 4.79. The molecule has 0 amide bonds. The van der Waals surface area contributed by atoms with E-state index in [0.717, 1.165) is 42.3 Å². The maximum Gasteiger partial charge on any atom is 0.147 e. The Kier molecular flexibility index (Phi) is 3.69. The van der Waals surface area contributed by atoms with Gasteiger partial charge in [-0.05, 0) is 37.8 Å². The normalized spacial score (nSPS) is 18.5. The van der Waals surface area contributed by atoms with E-state index in [9.17, 15) is 0 Å². The zero-order valence-corrected chi connectivity index (χ0v) is 13.4. The van der Waals surface area contributed by atoms with Gasteiger partial charge in [-0.3, -0.25) is 4.98 Å². The molecule has 5 nitrogen and oxygen atoms in total. The van der Waals surface area contributed by atoms with Gasteiger partial charge < -0.3 is 9.47 Å². The van der Waals surface area contributed by atoms with Crippen LogP contribution in [0.3, 0.4) is 0 Å². The second-order valence-corrected chi connectivity index (χ2v) is 6.30. The highest BCUT2D eigenvalue weighted by molar-refractivity contribution is 5.75. The average Bonchev–Trinajstić information content (AvgIpc) is 2.99. The predicted octanol–water partition coefficient (Wildman–Crippen LogP) is 3.05. The van der Waals surface area contributed by atoms with Gasteiger partial charge >= 0.3 is 0 Å². The Labute approximate surface area is 136 Å². The van der Waals surface area contributed by atoms with Crippen molar-refractivity contribution < 1.29 is 0 Å². The summed E-state index contributed by atoms with van der Waals surface area (Å²) in [4.78, 5) is 16.0. The SMILES string of the molecule is Cc1nccn1C[C@@H]1CCCN(c2cnc3ccccc3n2)C1. The van der Waals surface area contributed by atoms with Gasteiger partial charge in [-0.25, -0.2) is 9.97 Å². The van der Waals surface area contributed by atoms with Crippen molar-refractivity contribution in [2.45, 2.75) is 26.3 Å². The van der Waals surface area contributed by atoms with Gasteiger partial charge in [0.2, 0.25) is 0 Å². The Bertz CT molecular complexity index is 810. The first kappa shape index (κ1) is 14.2. The quantitative estimate of drug-likeness (QED) is 0.746. The second kappa shape index (κ2) is 5.99. The highest BCUT2D eigenvalue weighted by atomic mass is 15.2. The summed E-state index contributed by atoms with van der Waals surface area (Å²) in [6.45, 7) is 5.19. The molecule has 1 fully saturated rings. The molecular formula is C18H21N5. The minimum absolute atomic E-state index is 0.630. The van der Waals surface area contributed by atoms with E-state index in [2.05, 4.69) is 32.6 Å². The lowest BCUT2D eigenvalue weighted by molar-refractivity contribution is 0.362. The van der Waals surface area contributed by atoms with Crippen molar-refractivity contribution in [3.8, 4) is 0 Å². The van der Waals surface area contributed by atoms with Crippen LogP contribution in [-0.2, 0) is 6.54 Å². The van der Waals surface area contributed by atoms with E-state index < -0.39 is 0 Å². The summed E-state index contributed by atoms with van der Waals surface area (Å²) >= 11 is 0. The molecule has 0 N–H and O–H groups in total. The highest BCUT2D eigenvalue weighted by Gasteiger charge is 2.22. The topological polar surface area (TPSA) is 46.8 Å². The average molecular weight is 307 g/mol. The van der Waals surface area contributed by atoms with Crippen LogP contribution in [0.4, 0.5) is 5.82 Å². The van der Waals surface area contributed by atoms with E-state index >= 15 is 0 Å². The summed E-state index contributed by atoms with van der Waals surface area (Å²) in [5.74, 6) is 2.72. The molecule has 0 spiro atoms. The van der Waals surface area contributed by atoms with E-state index in [1.807, 2.05) is 36.7 Å². The third-order valence-corrected chi connectivity index (χ3v) is 4.66. The molecule has 0 radical (unpaired) electrons. The van der Waals surface area contributed by atoms with Crippen LogP contribution in [-0.4, -0.2) is 32.6 Å². The molecule has 3 heterocycles. The third-order valence-electron chi connectivity index (χ3n) is 4.66. The molecule has 1 aliphatic rings. The third kappa shape index (κ3) is 2.91. The molecule has 2 aromatic heterocycles. The Balaban J connectivity index is 1.52. The molecular weight excluding hydrogens is 286 g/mol. The van der Waals surface area contributed by atoms with Crippen LogP contribution < -0.4 is 4.90 Å². The van der Waals surface area contributed by atoms with Crippen molar-refractivity contribution >= 4 is 16.9 Å². The summed E-state index contributed by atoms with van der Waals surface area (Å²) in [5.41, 5.74) is 1.93. The highest BCUT2D eigenvalue weighted by Crippen LogP contribution is 2.24. The fraction of sp³-hybridized carbons (Fsp3) is 0.389. The van der Waals surface area contributed by atoms with E-state index in [0.29, 0.717) is 5.92 Å². The Morgan fingerprint density at radius 1 is 1.17 bits per heavy atom. The number of imidazole rings is 1. The predicted molar refractivity (Wildman–Crippen MR) is 91.4 cm³/mol. The standard InChI is InChI=1S/C18H21N5/c1-14-19-8-10-22(14)12-15-5-4-9-23(13-15)18-11-20-16-6-2-3-7-17(16)21-18/h2-3,6-8,10-11,15H,4-5,9,12-13H2,1H3/t15-/m0/s1. The van der Waals surface area contributed by atoms with E-state index in [4.69, 9.17) is 4.98 Å². The molecule has 0 bridgehead atoms. The number of benzene rings is 1. The molecule has 4 rings (SSSR count). The number of fused-ring (bicyclic) bond motifs is 1. The lowest BCUT2D eigenvalue weighted by Gasteiger charge is -2.33. The van der Waals surface area contributed by atoms with Crippen LogP contribution in [0.25, 0.3) is 11.0 Å². The van der Waals surface area contributed by atoms with Crippen molar-refractivity contribution in [1.29, 1.82) is 0 Å². The van der Waals surface area contributed by atoms with Crippen LogP contribution in [0.15, 0.2) is 42.9 Å². The summed E-state index contributed by atoms with van der Waals surface area (Å²) in [6, 6.07) is 8.05. The Morgan fingerprint density at radius 3 is 2.87 bits per heavy atom. The number of piperidine rings is 1. The van der Waals surface area contributed by atoms with E-state index in [1.165, 1.54) is 12.8 Å². The van der Waals surface area contributed by atoms with Crippen LogP contribution >= 0.6 is 0 Å². The zero-order chi connectivity index (χ0) is 15.6. The molecule has 0 saturated carbocycles. The molecule has 1 saturated heterocycles. The fourth-order valence-electron chi connectivity index (χ4n) is 3.40. The van der Waals surface area contributed by atoms with Crippen molar-refractivity contribution in [3.05, 3.63) is 48.7 Å². The van der Waals surface area contributed by atoms with Crippen LogP contribution in [0.2, 0.25) is 0 Å². The first-order valence-corrected chi connectivity index (χ1v) is 8.24. The summed E-state index contributed by atoms with van der Waals surface area (Å²) < 4.78 is 2.25. The molecule has 0 unspecified atom stereocenters. The zero-order valence-electron chi connectivity index (χ0n) is 13.4. The van der Waals surface area contributed by atoms with E-state index in [1.54, 1.807) is 0 Å². The van der Waals surface area contributed by atoms with Gasteiger partial charge in [0.05, 0.1) is 17.2 Å². The van der Waals surface area contributed by atoms with Crippen molar-refractivity contribution in [2.75, 3.05) is 18.0 Å². The molecule has 23 heavy (non-hydrogen) atoms. The number of rotatable bonds is 3. The molecule has 3 aromatic rings. The lowest BCUT2D eigenvalue weighted by Crippen LogP contribution is -2.37. The summed E-state index contributed by atoms with van der Waals surface area (Å²) in [5, 5.41) is 0. The second-order valence-electron chi connectivity index (χ2n) is 6.30. The van der Waals surface area contributed by atoms with Crippen molar-refractivity contribution in [1.82, 2.24) is 19.5 Å². The minimum Gasteiger partial charge on any atom is -0.355 e. The number of aromatic nitrogens is 4. The van der Waals surface area contributed by atoms with Gasteiger partial charge in [0.15, 0.2) is 0 Å². The number of hydrogen-bond donors (Lipinski definition) is 0. The molecule has 1 aliphatic heterocycles. The number of nitrogens with zero attached hydrogens (tertiary/aromatic N) is 5. The van der Waals surface area contributed by atoms with Gasteiger partial charge in [0.1, 0.15) is 11.6 Å². The number of para-hydroxylation sites is 2. The number of hydrogen-bond acceptors (Lipinski definition) is 4. The monoisotopic (exact) mass is 307 g/mol. The van der Waals surface area contributed by atoms with Gasteiger partial charge in [-0.1, -0.05) is 12.1 Å². The molecule has 5 heteroatoms. The fourth-order valence-corrected chi connectivity index (χ4v) is 3.40. The number of anilines is 1. The molecule has 1 aromatic carbocycles. The summed E-state index contributed by atoms with van der Waals surface area (Å²) in [7, 11) is 0. The van der Waals surface area contributed by atoms with Crippen LogP contribution in [0.5, 0.6) is 0 Å². The van der Waals surface area contributed by atoms with Gasteiger partial charge in [0.25, 0.3) is 0 Å². The van der Waals surface area contributed by atoms with Crippen LogP contribution in [0.1, 0.15) is 18.7 Å². The molecule has 1 atom stereocenters. The maximum atomic E-state index is 4.79. The van der Waals surface area contributed by atoms with Crippen molar-refractivity contribution in [3.63, 3.8) is 0 Å². The summed E-state index contributed by atoms with van der Waals surface area (Å²) in [6.07, 6.45) is 8.32. The van der Waals surface area contributed by atoms with Gasteiger partial charge in [0, 0.05) is 32.0 Å².